The molecule has 0 amide bonds. The van der Waals surface area contributed by atoms with Gasteiger partial charge in [0.15, 0.2) is 5.82 Å². The molecule has 0 aromatic heterocycles. The summed E-state index contributed by atoms with van der Waals surface area (Å²) < 4.78 is 14.0. The predicted octanol–water partition coefficient (Wildman–Crippen LogP) is 2.37. The Kier molecular flexibility index (Phi) is 4.12. The Bertz CT molecular complexity index is 567. The number of hydrogen-bond acceptors (Lipinski definition) is 5. The Morgan fingerprint density at radius 1 is 1.60 bits per heavy atom. The molecular weight excluding hydrogens is 287 g/mol. The van der Waals surface area contributed by atoms with Crippen molar-refractivity contribution in [3.8, 4) is 0 Å². The fraction of sp³-hybridized carbons (Fsp3) is 0.417. The van der Waals surface area contributed by atoms with Crippen LogP contribution in [-0.2, 0) is 0 Å². The van der Waals surface area contributed by atoms with Crippen molar-refractivity contribution in [3.63, 3.8) is 0 Å². The van der Waals surface area contributed by atoms with Crippen LogP contribution in [0, 0.1) is 15.9 Å². The first-order chi connectivity index (χ1) is 9.40. The van der Waals surface area contributed by atoms with Crippen molar-refractivity contribution >= 4 is 29.1 Å². The zero-order valence-corrected chi connectivity index (χ0v) is 11.5. The standard InChI is InChI=1S/C12H13FN2O4S/c1-7-6-14(2-3-20-7)11-4-8(12(16)17)10(15(18)19)5-9(11)13/h4-5,7H,2-3,6H2,1H3,(H,16,17). The number of carboxylic acids is 1. The molecule has 2 rings (SSSR count). The molecule has 1 aliphatic heterocycles. The maximum absolute atomic E-state index is 14.0. The molecule has 108 valence electrons. The lowest BCUT2D eigenvalue weighted by molar-refractivity contribution is -0.385. The molecule has 0 aliphatic carbocycles. The van der Waals surface area contributed by atoms with Crippen LogP contribution in [0.2, 0.25) is 0 Å². The summed E-state index contributed by atoms with van der Waals surface area (Å²) in [6, 6.07) is 1.74. The summed E-state index contributed by atoms with van der Waals surface area (Å²) in [6.07, 6.45) is 0. The van der Waals surface area contributed by atoms with E-state index in [2.05, 4.69) is 0 Å². The third-order valence-corrected chi connectivity index (χ3v) is 4.21. The van der Waals surface area contributed by atoms with Crippen molar-refractivity contribution in [2.75, 3.05) is 23.7 Å². The fourth-order valence-electron chi connectivity index (χ4n) is 2.15. The molecule has 0 saturated carbocycles. The Morgan fingerprint density at radius 2 is 2.30 bits per heavy atom. The topological polar surface area (TPSA) is 83.7 Å². The number of thioether (sulfide) groups is 1. The lowest BCUT2D eigenvalue weighted by atomic mass is 10.1. The molecule has 1 unspecified atom stereocenters. The first-order valence-corrected chi connectivity index (χ1v) is 7.02. The number of anilines is 1. The third kappa shape index (κ3) is 2.84. The highest BCUT2D eigenvalue weighted by molar-refractivity contribution is 8.00. The number of carbonyl (C=O) groups is 1. The van der Waals surface area contributed by atoms with Gasteiger partial charge < -0.3 is 10.0 Å². The minimum Gasteiger partial charge on any atom is -0.477 e. The minimum atomic E-state index is -1.43. The highest BCUT2D eigenvalue weighted by Crippen LogP contribution is 2.31. The Labute approximate surface area is 118 Å². The van der Waals surface area contributed by atoms with E-state index in [4.69, 9.17) is 5.11 Å². The molecule has 1 N–H and O–H groups in total. The molecule has 1 saturated heterocycles. The van der Waals surface area contributed by atoms with Gasteiger partial charge in [0.05, 0.1) is 16.7 Å². The number of rotatable bonds is 3. The Balaban J connectivity index is 2.46. The van der Waals surface area contributed by atoms with Crippen LogP contribution in [0.15, 0.2) is 12.1 Å². The number of benzene rings is 1. The summed E-state index contributed by atoms with van der Waals surface area (Å²) in [6.45, 7) is 3.17. The van der Waals surface area contributed by atoms with Crippen LogP contribution in [-0.4, -0.2) is 40.1 Å². The lowest BCUT2D eigenvalue weighted by Gasteiger charge is -2.32. The summed E-state index contributed by atoms with van der Waals surface area (Å²) in [5.41, 5.74) is -1.10. The maximum atomic E-state index is 14.0. The van der Waals surface area contributed by atoms with Gasteiger partial charge in [0.1, 0.15) is 5.56 Å². The fourth-order valence-corrected chi connectivity index (χ4v) is 3.17. The number of nitro benzene ring substituents is 1. The van der Waals surface area contributed by atoms with Gasteiger partial charge in [0.2, 0.25) is 0 Å². The molecule has 0 bridgehead atoms. The number of hydrogen-bond donors (Lipinski definition) is 1. The molecule has 1 aromatic rings. The lowest BCUT2D eigenvalue weighted by Crippen LogP contribution is -2.37. The van der Waals surface area contributed by atoms with E-state index in [1.165, 1.54) is 0 Å². The van der Waals surface area contributed by atoms with Crippen molar-refractivity contribution in [1.82, 2.24) is 0 Å². The summed E-state index contributed by atoms with van der Waals surface area (Å²) in [5.74, 6) is -1.39. The average molecular weight is 300 g/mol. The molecule has 8 heteroatoms. The molecule has 1 aliphatic rings. The molecule has 1 fully saturated rings. The van der Waals surface area contributed by atoms with Crippen LogP contribution in [0.5, 0.6) is 0 Å². The van der Waals surface area contributed by atoms with Gasteiger partial charge >= 0.3 is 5.97 Å². The van der Waals surface area contributed by atoms with Gasteiger partial charge in [-0.2, -0.15) is 11.8 Å². The molecular formula is C12H13FN2O4S. The van der Waals surface area contributed by atoms with Gasteiger partial charge in [-0.15, -0.1) is 0 Å². The van der Waals surface area contributed by atoms with Crippen molar-refractivity contribution in [2.24, 2.45) is 0 Å². The van der Waals surface area contributed by atoms with E-state index in [0.29, 0.717) is 24.4 Å². The second kappa shape index (κ2) is 5.66. The van der Waals surface area contributed by atoms with Crippen molar-refractivity contribution in [3.05, 3.63) is 33.6 Å². The zero-order valence-electron chi connectivity index (χ0n) is 10.7. The van der Waals surface area contributed by atoms with Crippen LogP contribution in [0.3, 0.4) is 0 Å². The monoisotopic (exact) mass is 300 g/mol. The molecule has 1 aromatic carbocycles. The van der Waals surface area contributed by atoms with E-state index in [-0.39, 0.29) is 5.69 Å². The Morgan fingerprint density at radius 3 is 2.85 bits per heavy atom. The zero-order chi connectivity index (χ0) is 14.9. The van der Waals surface area contributed by atoms with Gasteiger partial charge in [-0.1, -0.05) is 6.92 Å². The number of nitrogens with zero attached hydrogens (tertiary/aromatic N) is 2. The first-order valence-electron chi connectivity index (χ1n) is 5.98. The van der Waals surface area contributed by atoms with Gasteiger partial charge in [0, 0.05) is 24.1 Å². The van der Waals surface area contributed by atoms with Crippen molar-refractivity contribution in [1.29, 1.82) is 0 Å². The van der Waals surface area contributed by atoms with Gasteiger partial charge in [-0.05, 0) is 6.07 Å². The van der Waals surface area contributed by atoms with E-state index in [9.17, 15) is 19.3 Å². The average Bonchev–Trinajstić information content (AvgIpc) is 2.37. The maximum Gasteiger partial charge on any atom is 0.342 e. The number of carboxylic acid groups (broad SMARTS) is 1. The molecule has 0 radical (unpaired) electrons. The van der Waals surface area contributed by atoms with E-state index in [1.54, 1.807) is 16.7 Å². The smallest absolute Gasteiger partial charge is 0.342 e. The number of aromatic carboxylic acids is 1. The van der Waals surface area contributed by atoms with E-state index >= 15 is 0 Å². The van der Waals surface area contributed by atoms with Crippen LogP contribution in [0.4, 0.5) is 15.8 Å². The second-order valence-corrected chi connectivity index (χ2v) is 6.06. The SMILES string of the molecule is CC1CN(c2cc(C(=O)O)c([N+](=O)[O-])cc2F)CCS1. The summed E-state index contributed by atoms with van der Waals surface area (Å²) >= 11 is 1.75. The normalized spacial score (nSPS) is 18.9. The first kappa shape index (κ1) is 14.6. The minimum absolute atomic E-state index is 0.111. The summed E-state index contributed by atoms with van der Waals surface area (Å²) in [7, 11) is 0. The molecule has 6 nitrogen and oxygen atoms in total. The second-order valence-electron chi connectivity index (χ2n) is 4.51. The highest BCUT2D eigenvalue weighted by Gasteiger charge is 2.27. The van der Waals surface area contributed by atoms with Crippen LogP contribution in [0.1, 0.15) is 17.3 Å². The quantitative estimate of drug-likeness (QED) is 0.681. The summed E-state index contributed by atoms with van der Waals surface area (Å²) in [5, 5.41) is 20.1. The van der Waals surface area contributed by atoms with Crippen LogP contribution >= 0.6 is 11.8 Å². The van der Waals surface area contributed by atoms with Gasteiger partial charge in [0.25, 0.3) is 5.69 Å². The largest absolute Gasteiger partial charge is 0.477 e. The van der Waals surface area contributed by atoms with E-state index in [0.717, 1.165) is 11.8 Å². The Hall–Kier alpha value is -1.83. The highest BCUT2D eigenvalue weighted by atomic mass is 32.2. The summed E-state index contributed by atoms with van der Waals surface area (Å²) in [4.78, 5) is 22.7. The molecule has 1 atom stereocenters. The van der Waals surface area contributed by atoms with Crippen molar-refractivity contribution < 1.29 is 19.2 Å². The van der Waals surface area contributed by atoms with Crippen LogP contribution in [0.25, 0.3) is 0 Å². The van der Waals surface area contributed by atoms with Crippen molar-refractivity contribution in [2.45, 2.75) is 12.2 Å². The van der Waals surface area contributed by atoms with Gasteiger partial charge in [-0.25, -0.2) is 9.18 Å². The van der Waals surface area contributed by atoms with E-state index in [1.807, 2.05) is 6.92 Å². The van der Waals surface area contributed by atoms with Crippen LogP contribution < -0.4 is 4.90 Å². The molecule has 0 spiro atoms. The predicted molar refractivity (Wildman–Crippen MR) is 74.1 cm³/mol. The third-order valence-electron chi connectivity index (χ3n) is 3.07. The molecule has 1 heterocycles. The molecule has 20 heavy (non-hydrogen) atoms. The van der Waals surface area contributed by atoms with Gasteiger partial charge in [-0.3, -0.25) is 10.1 Å². The number of nitro groups is 1. The van der Waals surface area contributed by atoms with E-state index < -0.39 is 28.0 Å². The number of halogens is 1.